The van der Waals surface area contributed by atoms with Crippen molar-refractivity contribution in [3.05, 3.63) is 65.2 Å². The first-order chi connectivity index (χ1) is 15.3. The van der Waals surface area contributed by atoms with Crippen LogP contribution in [-0.4, -0.2) is 49.4 Å². The van der Waals surface area contributed by atoms with Crippen LogP contribution < -0.4 is 10.2 Å². The minimum absolute atomic E-state index is 0.0871. The van der Waals surface area contributed by atoms with Gasteiger partial charge in [-0.15, -0.1) is 0 Å². The van der Waals surface area contributed by atoms with E-state index < -0.39 is 17.6 Å². The first-order valence-corrected chi connectivity index (χ1v) is 10.9. The molecule has 4 rings (SSSR count). The van der Waals surface area contributed by atoms with Crippen LogP contribution in [0.25, 0.3) is 0 Å². The van der Waals surface area contributed by atoms with Crippen molar-refractivity contribution in [1.29, 1.82) is 0 Å². The van der Waals surface area contributed by atoms with Crippen molar-refractivity contribution in [2.24, 2.45) is 5.92 Å². The molecule has 32 heavy (non-hydrogen) atoms. The third-order valence-corrected chi connectivity index (χ3v) is 6.06. The van der Waals surface area contributed by atoms with Gasteiger partial charge in [-0.25, -0.2) is 0 Å². The number of nitrogens with zero attached hydrogens (tertiary/aromatic N) is 2. The monoisotopic (exact) mass is 445 g/mol. The fourth-order valence-corrected chi connectivity index (χ4v) is 3.98. The highest BCUT2D eigenvalue weighted by Gasteiger charge is 2.36. The summed E-state index contributed by atoms with van der Waals surface area (Å²) in [4.78, 5) is 28.5. The van der Waals surface area contributed by atoms with E-state index in [1.54, 1.807) is 12.1 Å². The van der Waals surface area contributed by atoms with Crippen molar-refractivity contribution < 1.29 is 22.8 Å². The molecule has 0 atom stereocenters. The van der Waals surface area contributed by atoms with Gasteiger partial charge in [0.1, 0.15) is 0 Å². The fraction of sp³-hybridized carbons (Fsp3) is 0.417. The molecule has 1 aliphatic heterocycles. The Morgan fingerprint density at radius 1 is 0.938 bits per heavy atom. The van der Waals surface area contributed by atoms with Crippen molar-refractivity contribution in [3.63, 3.8) is 0 Å². The first-order valence-electron chi connectivity index (χ1n) is 10.9. The van der Waals surface area contributed by atoms with Crippen LogP contribution in [-0.2, 0) is 6.18 Å². The number of amides is 2. The minimum Gasteiger partial charge on any atom is -0.368 e. The van der Waals surface area contributed by atoms with E-state index in [0.29, 0.717) is 38.3 Å². The average Bonchev–Trinajstić information content (AvgIpc) is 3.63. The van der Waals surface area contributed by atoms with E-state index in [1.165, 1.54) is 35.9 Å². The summed E-state index contributed by atoms with van der Waals surface area (Å²) in [5.41, 5.74) is 0.299. The van der Waals surface area contributed by atoms with Crippen molar-refractivity contribution >= 4 is 17.5 Å². The predicted molar refractivity (Wildman–Crippen MR) is 116 cm³/mol. The Hall–Kier alpha value is -3.03. The van der Waals surface area contributed by atoms with Gasteiger partial charge in [-0.05, 0) is 48.7 Å². The van der Waals surface area contributed by atoms with Crippen LogP contribution in [0.3, 0.4) is 0 Å². The van der Waals surface area contributed by atoms with E-state index in [9.17, 15) is 22.8 Å². The molecule has 8 heteroatoms. The molecule has 170 valence electrons. The van der Waals surface area contributed by atoms with Crippen LogP contribution in [0.2, 0.25) is 0 Å². The molecule has 0 unspecified atom stereocenters. The molecule has 2 fully saturated rings. The van der Waals surface area contributed by atoms with Gasteiger partial charge in [0.05, 0.1) is 11.1 Å². The molecule has 1 saturated carbocycles. The second kappa shape index (κ2) is 9.22. The lowest BCUT2D eigenvalue weighted by Crippen LogP contribution is -2.49. The molecular weight excluding hydrogens is 419 g/mol. The maximum atomic E-state index is 13.2. The number of piperazine rings is 1. The van der Waals surface area contributed by atoms with E-state index in [1.807, 2.05) is 12.1 Å². The third kappa shape index (κ3) is 5.23. The van der Waals surface area contributed by atoms with Crippen molar-refractivity contribution in [2.45, 2.75) is 25.4 Å². The third-order valence-electron chi connectivity index (χ3n) is 6.06. The van der Waals surface area contributed by atoms with Gasteiger partial charge in [-0.2, -0.15) is 13.2 Å². The van der Waals surface area contributed by atoms with Gasteiger partial charge in [0.15, 0.2) is 0 Å². The zero-order valence-electron chi connectivity index (χ0n) is 17.7. The molecule has 0 bridgehead atoms. The number of benzene rings is 2. The molecule has 2 aromatic rings. The Bertz CT molecular complexity index is 963. The largest absolute Gasteiger partial charge is 0.417 e. The second-order valence-corrected chi connectivity index (χ2v) is 8.36. The summed E-state index contributed by atoms with van der Waals surface area (Å²) in [7, 11) is 0. The highest BCUT2D eigenvalue weighted by atomic mass is 19.4. The number of carbonyl (C=O) groups is 2. The lowest BCUT2D eigenvalue weighted by atomic mass is 10.1. The molecule has 1 heterocycles. The van der Waals surface area contributed by atoms with Crippen molar-refractivity contribution in [2.75, 3.05) is 37.6 Å². The Kier molecular flexibility index (Phi) is 6.39. The van der Waals surface area contributed by atoms with Gasteiger partial charge in [0.25, 0.3) is 11.8 Å². The summed E-state index contributed by atoms with van der Waals surface area (Å²) >= 11 is 0. The van der Waals surface area contributed by atoms with Crippen molar-refractivity contribution in [3.8, 4) is 0 Å². The van der Waals surface area contributed by atoms with Crippen molar-refractivity contribution in [1.82, 2.24) is 10.2 Å². The zero-order chi connectivity index (χ0) is 22.7. The highest BCUT2D eigenvalue weighted by Crippen LogP contribution is 2.33. The normalized spacial score (nSPS) is 16.7. The van der Waals surface area contributed by atoms with Crippen LogP contribution in [0, 0.1) is 5.92 Å². The summed E-state index contributed by atoms with van der Waals surface area (Å²) in [6, 6.07) is 12.2. The fourth-order valence-electron chi connectivity index (χ4n) is 3.98. The number of halogens is 3. The van der Waals surface area contributed by atoms with E-state index >= 15 is 0 Å². The number of nitrogens with one attached hydrogen (secondary N) is 1. The number of hydrogen-bond donors (Lipinski definition) is 1. The molecular formula is C24H26F3N3O2. The number of alkyl halides is 3. The highest BCUT2D eigenvalue weighted by molar-refractivity contribution is 5.96. The van der Waals surface area contributed by atoms with Crippen LogP contribution in [0.5, 0.6) is 0 Å². The molecule has 0 radical (unpaired) electrons. The van der Waals surface area contributed by atoms with Gasteiger partial charge in [0, 0.05) is 44.0 Å². The van der Waals surface area contributed by atoms with Gasteiger partial charge in [0.2, 0.25) is 0 Å². The molecule has 0 aromatic heterocycles. The molecule has 5 nitrogen and oxygen atoms in total. The van der Waals surface area contributed by atoms with Gasteiger partial charge >= 0.3 is 6.18 Å². The standard InChI is InChI=1S/C24H26F3N3O2/c25-24(26,27)21-4-2-1-3-20(21)23(32)30-15-13-29(14-16-30)19-9-7-18(8-10-19)22(31)28-12-11-17-5-6-17/h1-4,7-10,17H,5-6,11-16H2,(H,28,31). The Morgan fingerprint density at radius 3 is 2.22 bits per heavy atom. The minimum atomic E-state index is -4.57. The summed E-state index contributed by atoms with van der Waals surface area (Å²) in [5, 5.41) is 2.94. The topological polar surface area (TPSA) is 52.7 Å². The van der Waals surface area contributed by atoms with Gasteiger partial charge < -0.3 is 15.1 Å². The predicted octanol–water partition coefficient (Wildman–Crippen LogP) is 4.20. The van der Waals surface area contributed by atoms with E-state index in [0.717, 1.165) is 24.1 Å². The molecule has 2 aromatic carbocycles. The smallest absolute Gasteiger partial charge is 0.368 e. The van der Waals surface area contributed by atoms with Gasteiger partial charge in [-0.1, -0.05) is 25.0 Å². The summed E-state index contributed by atoms with van der Waals surface area (Å²) < 4.78 is 39.7. The number of rotatable bonds is 6. The average molecular weight is 445 g/mol. The zero-order valence-corrected chi connectivity index (χ0v) is 17.7. The lowest BCUT2D eigenvalue weighted by Gasteiger charge is -2.36. The second-order valence-electron chi connectivity index (χ2n) is 8.36. The Labute approximate surface area is 185 Å². The van der Waals surface area contributed by atoms with Crippen LogP contribution in [0.4, 0.5) is 18.9 Å². The summed E-state index contributed by atoms with van der Waals surface area (Å²) in [6.07, 6.45) is -1.02. The summed E-state index contributed by atoms with van der Waals surface area (Å²) in [6.45, 7) is 2.36. The molecule has 1 N–H and O–H groups in total. The molecule has 1 saturated heterocycles. The molecule has 2 amide bonds. The maximum Gasteiger partial charge on any atom is 0.417 e. The molecule has 1 aliphatic carbocycles. The first kappa shape index (κ1) is 22.2. The number of carbonyl (C=O) groups excluding carboxylic acids is 2. The quantitative estimate of drug-likeness (QED) is 0.725. The molecule has 0 spiro atoms. The number of hydrogen-bond acceptors (Lipinski definition) is 3. The van der Waals surface area contributed by atoms with Crippen LogP contribution in [0.1, 0.15) is 45.5 Å². The van der Waals surface area contributed by atoms with Crippen LogP contribution in [0.15, 0.2) is 48.5 Å². The van der Waals surface area contributed by atoms with E-state index in [4.69, 9.17) is 0 Å². The molecule has 2 aliphatic rings. The summed E-state index contributed by atoms with van der Waals surface area (Å²) in [5.74, 6) is 0.0805. The Balaban J connectivity index is 1.32. The van der Waals surface area contributed by atoms with Gasteiger partial charge in [-0.3, -0.25) is 9.59 Å². The maximum absolute atomic E-state index is 13.2. The SMILES string of the molecule is O=C(NCCC1CC1)c1ccc(N2CCN(C(=O)c3ccccc3C(F)(F)F)CC2)cc1. The Morgan fingerprint density at radius 2 is 1.59 bits per heavy atom. The number of anilines is 1. The van der Waals surface area contributed by atoms with Crippen LogP contribution >= 0.6 is 0 Å². The lowest BCUT2D eigenvalue weighted by molar-refractivity contribution is -0.138. The van der Waals surface area contributed by atoms with E-state index in [-0.39, 0.29) is 11.5 Å². The van der Waals surface area contributed by atoms with E-state index in [2.05, 4.69) is 10.2 Å².